The number of thiophene rings is 1. The predicted molar refractivity (Wildman–Crippen MR) is 133 cm³/mol. The van der Waals surface area contributed by atoms with Crippen molar-refractivity contribution in [1.82, 2.24) is 9.21 Å². The number of hydrogen-bond donors (Lipinski definition) is 1. The van der Waals surface area contributed by atoms with Crippen LogP contribution in [-0.2, 0) is 14.8 Å². The zero-order valence-corrected chi connectivity index (χ0v) is 20.6. The van der Waals surface area contributed by atoms with Crippen LogP contribution in [0.4, 0.5) is 11.4 Å². The third-order valence-electron chi connectivity index (χ3n) is 5.70. The molecule has 9 heteroatoms. The molecule has 2 heterocycles. The number of likely N-dealkylation sites (N-methyl/N-ethyl adjacent to an activating group) is 1. The second-order valence-corrected chi connectivity index (χ2v) is 10.3. The number of amides is 1. The molecule has 7 nitrogen and oxygen atoms in total. The Labute approximate surface area is 195 Å². The average Bonchev–Trinajstić information content (AvgIpc) is 3.32. The standard InChI is InChI=1S/C23H32N4O3S2/c1-4-25-12-14-26(15-13-25)22-9-8-20(32(29,30)27(5-2)6-3)17-21(22)24-23(28)10-7-19-11-16-31-18-19/h7-11,16-18H,4-6,12-15H2,1-3H3,(H,24,28)/b10-7+. The molecule has 1 aliphatic heterocycles. The van der Waals surface area contributed by atoms with Gasteiger partial charge in [-0.25, -0.2) is 8.42 Å². The summed E-state index contributed by atoms with van der Waals surface area (Å²) < 4.78 is 27.5. The Hall–Kier alpha value is -2.20. The molecule has 1 N–H and O–H groups in total. The molecule has 0 bridgehead atoms. The Morgan fingerprint density at radius 3 is 2.44 bits per heavy atom. The van der Waals surface area contributed by atoms with Gasteiger partial charge in [-0.05, 0) is 53.2 Å². The van der Waals surface area contributed by atoms with E-state index in [1.165, 1.54) is 10.4 Å². The molecule has 0 saturated carbocycles. The van der Waals surface area contributed by atoms with Crippen LogP contribution in [0.25, 0.3) is 6.08 Å². The van der Waals surface area contributed by atoms with Crippen LogP contribution in [0.1, 0.15) is 26.3 Å². The van der Waals surface area contributed by atoms with Crippen molar-refractivity contribution < 1.29 is 13.2 Å². The van der Waals surface area contributed by atoms with Crippen molar-refractivity contribution in [3.8, 4) is 0 Å². The van der Waals surface area contributed by atoms with Gasteiger partial charge in [-0.1, -0.05) is 20.8 Å². The molecule has 0 unspecified atom stereocenters. The van der Waals surface area contributed by atoms with E-state index in [1.54, 1.807) is 29.5 Å². The fraction of sp³-hybridized carbons (Fsp3) is 0.435. The van der Waals surface area contributed by atoms with Crippen molar-refractivity contribution in [3.05, 3.63) is 46.7 Å². The van der Waals surface area contributed by atoms with E-state index in [1.807, 2.05) is 36.7 Å². The van der Waals surface area contributed by atoms with Crippen LogP contribution in [-0.4, -0.2) is 69.3 Å². The van der Waals surface area contributed by atoms with Crippen LogP contribution in [0.15, 0.2) is 46.0 Å². The van der Waals surface area contributed by atoms with Gasteiger partial charge < -0.3 is 15.1 Å². The number of carbonyl (C=O) groups excluding carboxylic acids is 1. The smallest absolute Gasteiger partial charge is 0.248 e. The first kappa shape index (κ1) is 24.4. The molecule has 0 spiro atoms. The van der Waals surface area contributed by atoms with Gasteiger partial charge in [-0.3, -0.25) is 4.79 Å². The van der Waals surface area contributed by atoms with Crippen molar-refractivity contribution in [2.24, 2.45) is 0 Å². The molecule has 1 fully saturated rings. The Balaban J connectivity index is 1.91. The highest BCUT2D eigenvalue weighted by Crippen LogP contribution is 2.31. The minimum atomic E-state index is -3.63. The molecule has 1 amide bonds. The fourth-order valence-corrected chi connectivity index (χ4v) is 5.90. The molecule has 0 radical (unpaired) electrons. The number of benzene rings is 1. The lowest BCUT2D eigenvalue weighted by atomic mass is 10.2. The highest BCUT2D eigenvalue weighted by atomic mass is 32.2. The Morgan fingerprint density at radius 2 is 1.84 bits per heavy atom. The van der Waals surface area contributed by atoms with Crippen LogP contribution in [0.5, 0.6) is 0 Å². The lowest BCUT2D eigenvalue weighted by Gasteiger charge is -2.36. The van der Waals surface area contributed by atoms with Crippen molar-refractivity contribution in [2.75, 3.05) is 56.0 Å². The van der Waals surface area contributed by atoms with E-state index in [-0.39, 0.29) is 10.8 Å². The van der Waals surface area contributed by atoms with E-state index in [4.69, 9.17) is 0 Å². The number of nitrogens with one attached hydrogen (secondary N) is 1. The molecular formula is C23H32N4O3S2. The summed E-state index contributed by atoms with van der Waals surface area (Å²) in [6.07, 6.45) is 3.23. The van der Waals surface area contributed by atoms with Crippen LogP contribution >= 0.6 is 11.3 Å². The van der Waals surface area contributed by atoms with E-state index in [0.29, 0.717) is 18.8 Å². The lowest BCUT2D eigenvalue weighted by Crippen LogP contribution is -2.46. The number of anilines is 2. The summed E-state index contributed by atoms with van der Waals surface area (Å²) in [6.45, 7) is 11.1. The molecule has 0 atom stereocenters. The van der Waals surface area contributed by atoms with Crippen LogP contribution in [0.3, 0.4) is 0 Å². The van der Waals surface area contributed by atoms with Gasteiger partial charge in [0.1, 0.15) is 0 Å². The van der Waals surface area contributed by atoms with Crippen molar-refractivity contribution in [2.45, 2.75) is 25.7 Å². The largest absolute Gasteiger partial charge is 0.367 e. The first-order valence-corrected chi connectivity index (χ1v) is 13.4. The second kappa shape index (κ2) is 11.1. The van der Waals surface area contributed by atoms with Crippen molar-refractivity contribution >= 4 is 44.7 Å². The minimum Gasteiger partial charge on any atom is -0.367 e. The molecule has 174 valence electrons. The van der Waals surface area contributed by atoms with Crippen molar-refractivity contribution in [1.29, 1.82) is 0 Å². The maximum atomic E-state index is 13.1. The van der Waals surface area contributed by atoms with Gasteiger partial charge in [-0.2, -0.15) is 15.6 Å². The van der Waals surface area contributed by atoms with E-state index in [0.717, 1.165) is 44.0 Å². The summed E-state index contributed by atoms with van der Waals surface area (Å²) in [5.41, 5.74) is 2.32. The number of piperazine rings is 1. The van der Waals surface area contributed by atoms with Gasteiger partial charge in [0.25, 0.3) is 0 Å². The number of hydrogen-bond acceptors (Lipinski definition) is 6. The molecule has 1 aliphatic rings. The third kappa shape index (κ3) is 5.78. The predicted octanol–water partition coefficient (Wildman–Crippen LogP) is 3.57. The van der Waals surface area contributed by atoms with Gasteiger partial charge in [-0.15, -0.1) is 0 Å². The number of carbonyl (C=O) groups is 1. The SMILES string of the molecule is CCN1CCN(c2ccc(S(=O)(=O)N(CC)CC)cc2NC(=O)/C=C/c2ccsc2)CC1. The maximum absolute atomic E-state index is 13.1. The second-order valence-electron chi connectivity index (χ2n) is 7.57. The van der Waals surface area contributed by atoms with Crippen LogP contribution < -0.4 is 10.2 Å². The van der Waals surface area contributed by atoms with Gasteiger partial charge in [0, 0.05) is 45.3 Å². The monoisotopic (exact) mass is 476 g/mol. The molecule has 0 aliphatic carbocycles. The quantitative estimate of drug-likeness (QED) is 0.560. The maximum Gasteiger partial charge on any atom is 0.248 e. The molecule has 1 aromatic carbocycles. The number of sulfonamides is 1. The first-order chi connectivity index (χ1) is 15.4. The third-order valence-corrected chi connectivity index (χ3v) is 8.45. The normalized spacial score (nSPS) is 15.6. The van der Waals surface area contributed by atoms with E-state index < -0.39 is 10.0 Å². The van der Waals surface area contributed by atoms with Gasteiger partial charge in [0.2, 0.25) is 15.9 Å². The molecule has 2 aromatic rings. The topological polar surface area (TPSA) is 73.0 Å². The summed E-state index contributed by atoms with van der Waals surface area (Å²) in [6, 6.07) is 6.98. The zero-order chi connectivity index (χ0) is 23.1. The van der Waals surface area contributed by atoms with Gasteiger partial charge in [0.15, 0.2) is 0 Å². The summed E-state index contributed by atoms with van der Waals surface area (Å²) in [5, 5.41) is 6.83. The Bertz CT molecular complexity index is 1020. The molecule has 1 saturated heterocycles. The summed E-state index contributed by atoms with van der Waals surface area (Å²) in [5.74, 6) is -0.290. The van der Waals surface area contributed by atoms with E-state index in [9.17, 15) is 13.2 Å². The highest BCUT2D eigenvalue weighted by molar-refractivity contribution is 7.89. The van der Waals surface area contributed by atoms with E-state index in [2.05, 4.69) is 22.0 Å². The van der Waals surface area contributed by atoms with Crippen molar-refractivity contribution in [3.63, 3.8) is 0 Å². The summed E-state index contributed by atoms with van der Waals surface area (Å²) >= 11 is 1.57. The van der Waals surface area contributed by atoms with E-state index >= 15 is 0 Å². The van der Waals surface area contributed by atoms with Gasteiger partial charge in [0.05, 0.1) is 16.3 Å². The number of rotatable bonds is 9. The molecular weight excluding hydrogens is 444 g/mol. The minimum absolute atomic E-state index is 0.189. The highest BCUT2D eigenvalue weighted by Gasteiger charge is 2.25. The first-order valence-electron chi connectivity index (χ1n) is 11.0. The Kier molecular flexibility index (Phi) is 8.47. The summed E-state index contributed by atoms with van der Waals surface area (Å²) in [4.78, 5) is 17.4. The molecule has 32 heavy (non-hydrogen) atoms. The average molecular weight is 477 g/mol. The van der Waals surface area contributed by atoms with Crippen LogP contribution in [0, 0.1) is 0 Å². The molecule has 3 rings (SSSR count). The number of nitrogens with zero attached hydrogens (tertiary/aromatic N) is 3. The Morgan fingerprint density at radius 1 is 1.12 bits per heavy atom. The van der Waals surface area contributed by atoms with Crippen LogP contribution in [0.2, 0.25) is 0 Å². The zero-order valence-electron chi connectivity index (χ0n) is 19.0. The molecule has 1 aromatic heterocycles. The fourth-order valence-electron chi connectivity index (χ4n) is 3.79. The summed E-state index contributed by atoms with van der Waals surface area (Å²) in [7, 11) is -3.63. The lowest BCUT2D eigenvalue weighted by molar-refractivity contribution is -0.111. The van der Waals surface area contributed by atoms with Gasteiger partial charge >= 0.3 is 0 Å².